The maximum absolute atomic E-state index is 6.22. The summed E-state index contributed by atoms with van der Waals surface area (Å²) in [5, 5.41) is 0. The van der Waals surface area contributed by atoms with Gasteiger partial charge in [-0.25, -0.2) is 0 Å². The number of hydrogen-bond donors (Lipinski definition) is 1. The van der Waals surface area contributed by atoms with Gasteiger partial charge in [0.2, 0.25) is 0 Å². The Morgan fingerprint density at radius 1 is 1.12 bits per heavy atom. The van der Waals surface area contributed by atoms with Crippen LogP contribution < -0.4 is 5.73 Å². The van der Waals surface area contributed by atoms with Gasteiger partial charge in [0.1, 0.15) is 0 Å². The smallest absolute Gasteiger partial charge is 0.0362 e. The molecule has 17 heavy (non-hydrogen) atoms. The van der Waals surface area contributed by atoms with E-state index in [1.165, 1.54) is 51.6 Å². The average molecular weight is 238 g/mol. The Balaban J connectivity index is 2.18. The van der Waals surface area contributed by atoms with Crippen molar-refractivity contribution in [2.45, 2.75) is 64.8 Å². The van der Waals surface area contributed by atoms with Crippen LogP contribution in [0.15, 0.2) is 0 Å². The Kier molecular flexibility index (Phi) is 3.84. The van der Waals surface area contributed by atoms with Crippen molar-refractivity contribution < 1.29 is 0 Å². The normalized spacial score (nSPS) is 39.2. The van der Waals surface area contributed by atoms with Gasteiger partial charge in [-0.2, -0.15) is 0 Å². The van der Waals surface area contributed by atoms with Crippen molar-refractivity contribution in [1.29, 1.82) is 0 Å². The Morgan fingerprint density at radius 2 is 1.71 bits per heavy atom. The summed E-state index contributed by atoms with van der Waals surface area (Å²) in [5.41, 5.74) is 7.00. The molecule has 1 saturated carbocycles. The lowest BCUT2D eigenvalue weighted by atomic mass is 9.84. The van der Waals surface area contributed by atoms with Gasteiger partial charge in [0.05, 0.1) is 0 Å². The van der Waals surface area contributed by atoms with Gasteiger partial charge in [0, 0.05) is 12.1 Å². The maximum atomic E-state index is 6.22. The van der Waals surface area contributed by atoms with Crippen LogP contribution in [0.25, 0.3) is 0 Å². The molecule has 0 amide bonds. The van der Waals surface area contributed by atoms with Crippen LogP contribution in [0.5, 0.6) is 0 Å². The van der Waals surface area contributed by atoms with Crippen LogP contribution in [0.3, 0.4) is 0 Å². The Labute approximate surface area is 107 Å². The summed E-state index contributed by atoms with van der Waals surface area (Å²) in [7, 11) is 0. The SMILES string of the molecule is CC1CC(C)(C)CC1(CN)N1CCCCCC1. The fourth-order valence-corrected chi connectivity index (χ4v) is 4.44. The molecule has 1 aliphatic carbocycles. The number of hydrogen-bond acceptors (Lipinski definition) is 2. The first kappa shape index (κ1) is 13.4. The summed E-state index contributed by atoms with van der Waals surface area (Å²) in [6.07, 6.45) is 8.19. The van der Waals surface area contributed by atoms with Gasteiger partial charge in [0.15, 0.2) is 0 Å². The van der Waals surface area contributed by atoms with Gasteiger partial charge in [0.25, 0.3) is 0 Å². The summed E-state index contributed by atoms with van der Waals surface area (Å²) < 4.78 is 0. The summed E-state index contributed by atoms with van der Waals surface area (Å²) >= 11 is 0. The van der Waals surface area contributed by atoms with Crippen molar-refractivity contribution in [3.63, 3.8) is 0 Å². The second-order valence-electron chi connectivity index (χ2n) is 7.16. The summed E-state index contributed by atoms with van der Waals surface area (Å²) in [5.74, 6) is 0.751. The van der Waals surface area contributed by atoms with Gasteiger partial charge >= 0.3 is 0 Å². The third kappa shape index (κ3) is 2.53. The molecule has 100 valence electrons. The first-order valence-electron chi connectivity index (χ1n) is 7.45. The third-order valence-corrected chi connectivity index (χ3v) is 5.15. The molecule has 0 aromatic carbocycles. The quantitative estimate of drug-likeness (QED) is 0.801. The largest absolute Gasteiger partial charge is 0.329 e. The fraction of sp³-hybridized carbons (Fsp3) is 1.00. The summed E-state index contributed by atoms with van der Waals surface area (Å²) in [6, 6.07) is 0. The number of rotatable bonds is 2. The predicted octanol–water partition coefficient (Wildman–Crippen LogP) is 3.02. The third-order valence-electron chi connectivity index (χ3n) is 5.15. The average Bonchev–Trinajstić information content (AvgIpc) is 2.49. The monoisotopic (exact) mass is 238 g/mol. The first-order chi connectivity index (χ1) is 8.00. The minimum absolute atomic E-state index is 0.299. The molecule has 2 N–H and O–H groups in total. The van der Waals surface area contributed by atoms with Crippen molar-refractivity contribution >= 4 is 0 Å². The molecule has 0 aromatic rings. The molecule has 1 saturated heterocycles. The van der Waals surface area contributed by atoms with Crippen LogP contribution in [-0.2, 0) is 0 Å². The van der Waals surface area contributed by atoms with Crippen LogP contribution in [-0.4, -0.2) is 30.1 Å². The lowest BCUT2D eigenvalue weighted by molar-refractivity contribution is 0.0622. The molecule has 2 unspecified atom stereocenters. The molecule has 1 heterocycles. The molecule has 1 aliphatic heterocycles. The molecule has 0 aromatic heterocycles. The minimum Gasteiger partial charge on any atom is -0.329 e. The van der Waals surface area contributed by atoms with Gasteiger partial charge in [-0.1, -0.05) is 33.6 Å². The van der Waals surface area contributed by atoms with E-state index < -0.39 is 0 Å². The van der Waals surface area contributed by atoms with E-state index in [2.05, 4.69) is 25.7 Å². The van der Waals surface area contributed by atoms with Crippen LogP contribution >= 0.6 is 0 Å². The Bertz CT molecular complexity index is 254. The Morgan fingerprint density at radius 3 is 2.12 bits per heavy atom. The highest BCUT2D eigenvalue weighted by molar-refractivity contribution is 5.06. The highest BCUT2D eigenvalue weighted by Gasteiger charge is 2.50. The minimum atomic E-state index is 0.299. The molecule has 0 spiro atoms. The maximum Gasteiger partial charge on any atom is 0.0362 e. The van der Waals surface area contributed by atoms with Gasteiger partial charge in [-0.3, -0.25) is 4.90 Å². The standard InChI is InChI=1S/C15H30N2/c1-13-10-14(2,3)11-15(13,12-16)17-8-6-4-5-7-9-17/h13H,4-12,16H2,1-3H3. The molecule has 2 atom stereocenters. The second kappa shape index (κ2) is 4.89. The zero-order chi connectivity index (χ0) is 12.5. The molecular formula is C15H30N2. The van der Waals surface area contributed by atoms with Crippen molar-refractivity contribution in [3.8, 4) is 0 Å². The highest BCUT2D eigenvalue weighted by atomic mass is 15.2. The van der Waals surface area contributed by atoms with Crippen molar-refractivity contribution in [3.05, 3.63) is 0 Å². The van der Waals surface area contributed by atoms with E-state index in [1.807, 2.05) is 0 Å². The molecule has 0 bridgehead atoms. The van der Waals surface area contributed by atoms with Crippen LogP contribution in [0.2, 0.25) is 0 Å². The van der Waals surface area contributed by atoms with E-state index in [9.17, 15) is 0 Å². The molecule has 2 nitrogen and oxygen atoms in total. The summed E-state index contributed by atoms with van der Waals surface area (Å²) in [4.78, 5) is 2.75. The van der Waals surface area contributed by atoms with Crippen LogP contribution in [0.4, 0.5) is 0 Å². The van der Waals surface area contributed by atoms with E-state index in [-0.39, 0.29) is 0 Å². The van der Waals surface area contributed by atoms with Crippen molar-refractivity contribution in [2.24, 2.45) is 17.1 Å². The van der Waals surface area contributed by atoms with Gasteiger partial charge < -0.3 is 5.73 Å². The molecule has 2 heteroatoms. The zero-order valence-electron chi connectivity index (χ0n) is 12.0. The van der Waals surface area contributed by atoms with Gasteiger partial charge in [-0.05, 0) is 50.1 Å². The molecule has 2 fully saturated rings. The fourth-order valence-electron chi connectivity index (χ4n) is 4.44. The molecule has 2 rings (SSSR count). The van der Waals surface area contributed by atoms with Crippen LogP contribution in [0.1, 0.15) is 59.3 Å². The molecule has 0 radical (unpaired) electrons. The van der Waals surface area contributed by atoms with Crippen molar-refractivity contribution in [1.82, 2.24) is 4.90 Å². The topological polar surface area (TPSA) is 29.3 Å². The van der Waals surface area contributed by atoms with Gasteiger partial charge in [-0.15, -0.1) is 0 Å². The Hall–Kier alpha value is -0.0800. The number of nitrogens with two attached hydrogens (primary N) is 1. The van der Waals surface area contributed by atoms with E-state index in [0.29, 0.717) is 11.0 Å². The lowest BCUT2D eigenvalue weighted by Crippen LogP contribution is -2.56. The highest BCUT2D eigenvalue weighted by Crippen LogP contribution is 2.50. The van der Waals surface area contributed by atoms with Crippen LogP contribution in [0, 0.1) is 11.3 Å². The molecular weight excluding hydrogens is 208 g/mol. The predicted molar refractivity (Wildman–Crippen MR) is 74.0 cm³/mol. The zero-order valence-corrected chi connectivity index (χ0v) is 12.0. The van der Waals surface area contributed by atoms with E-state index >= 15 is 0 Å². The van der Waals surface area contributed by atoms with Crippen molar-refractivity contribution in [2.75, 3.05) is 19.6 Å². The van der Waals surface area contributed by atoms with E-state index in [4.69, 9.17) is 5.73 Å². The molecule has 2 aliphatic rings. The first-order valence-corrected chi connectivity index (χ1v) is 7.45. The second-order valence-corrected chi connectivity index (χ2v) is 7.16. The van der Waals surface area contributed by atoms with E-state index in [1.54, 1.807) is 0 Å². The summed E-state index contributed by atoms with van der Waals surface area (Å²) in [6.45, 7) is 10.6. The lowest BCUT2D eigenvalue weighted by Gasteiger charge is -2.44. The van der Waals surface area contributed by atoms with E-state index in [0.717, 1.165) is 12.5 Å². The number of nitrogens with zero attached hydrogens (tertiary/aromatic N) is 1. The number of likely N-dealkylation sites (tertiary alicyclic amines) is 1.